The van der Waals surface area contributed by atoms with E-state index >= 15 is 0 Å². The van der Waals surface area contributed by atoms with Gasteiger partial charge in [-0.15, -0.1) is 0 Å². The van der Waals surface area contributed by atoms with E-state index in [1.54, 1.807) is 18.2 Å². The molecule has 0 fully saturated rings. The molecule has 1 rings (SSSR count). The maximum absolute atomic E-state index is 11.2. The second-order valence-corrected chi connectivity index (χ2v) is 4.19. The fraction of sp³-hybridized carbons (Fsp3) is 0.538. The van der Waals surface area contributed by atoms with Gasteiger partial charge in [0.15, 0.2) is 5.75 Å². The molecule has 6 nitrogen and oxygen atoms in total. The SMILES string of the molecule is CCCOc1cccc(NC(CC)CO)c1[N+](=O)[O-]. The summed E-state index contributed by atoms with van der Waals surface area (Å²) in [7, 11) is 0. The standard InChI is InChI=1S/C13H20N2O4/c1-3-8-19-12-7-5-6-11(13(12)15(17)18)14-10(4-2)9-16/h5-7,10,14,16H,3-4,8-9H2,1-2H3. The number of nitro benzene ring substituents is 1. The summed E-state index contributed by atoms with van der Waals surface area (Å²) in [4.78, 5) is 10.7. The van der Waals surface area contributed by atoms with Crippen molar-refractivity contribution < 1.29 is 14.8 Å². The Labute approximate surface area is 112 Å². The minimum Gasteiger partial charge on any atom is -0.487 e. The zero-order valence-electron chi connectivity index (χ0n) is 11.3. The lowest BCUT2D eigenvalue weighted by Crippen LogP contribution is -2.23. The topological polar surface area (TPSA) is 84.6 Å². The third-order valence-electron chi connectivity index (χ3n) is 2.72. The molecule has 0 saturated carbocycles. The van der Waals surface area contributed by atoms with Crippen LogP contribution in [0.5, 0.6) is 5.75 Å². The van der Waals surface area contributed by atoms with Crippen LogP contribution in [0.1, 0.15) is 26.7 Å². The Balaban J connectivity index is 3.05. The number of para-hydroxylation sites is 1. The molecule has 0 bridgehead atoms. The Morgan fingerprint density at radius 1 is 1.47 bits per heavy atom. The molecule has 0 amide bonds. The normalized spacial score (nSPS) is 11.9. The molecule has 19 heavy (non-hydrogen) atoms. The minimum absolute atomic E-state index is 0.0757. The predicted molar refractivity (Wildman–Crippen MR) is 73.7 cm³/mol. The molecular weight excluding hydrogens is 248 g/mol. The van der Waals surface area contributed by atoms with Gasteiger partial charge < -0.3 is 15.2 Å². The highest BCUT2D eigenvalue weighted by Gasteiger charge is 2.22. The van der Waals surface area contributed by atoms with Gasteiger partial charge in [-0.25, -0.2) is 0 Å². The van der Waals surface area contributed by atoms with E-state index < -0.39 is 4.92 Å². The fourth-order valence-corrected chi connectivity index (χ4v) is 1.65. The van der Waals surface area contributed by atoms with Crippen molar-refractivity contribution in [3.05, 3.63) is 28.3 Å². The number of hydrogen-bond acceptors (Lipinski definition) is 5. The van der Waals surface area contributed by atoms with Crippen LogP contribution in [0.4, 0.5) is 11.4 Å². The Morgan fingerprint density at radius 3 is 2.74 bits per heavy atom. The lowest BCUT2D eigenvalue weighted by atomic mass is 10.2. The monoisotopic (exact) mass is 268 g/mol. The number of nitrogens with zero attached hydrogens (tertiary/aromatic N) is 1. The highest BCUT2D eigenvalue weighted by molar-refractivity contribution is 5.68. The van der Waals surface area contributed by atoms with Crippen molar-refractivity contribution in [2.75, 3.05) is 18.5 Å². The number of rotatable bonds is 8. The highest BCUT2D eigenvalue weighted by Crippen LogP contribution is 2.35. The molecule has 0 heterocycles. The van der Waals surface area contributed by atoms with Gasteiger partial charge in [0, 0.05) is 6.04 Å². The van der Waals surface area contributed by atoms with Gasteiger partial charge in [0.1, 0.15) is 5.69 Å². The number of nitro groups is 1. The molecule has 106 valence electrons. The highest BCUT2D eigenvalue weighted by atomic mass is 16.6. The maximum atomic E-state index is 11.2. The van der Waals surface area contributed by atoms with Crippen LogP contribution < -0.4 is 10.1 Å². The molecule has 1 aromatic carbocycles. The van der Waals surface area contributed by atoms with E-state index in [9.17, 15) is 10.1 Å². The van der Waals surface area contributed by atoms with Crippen LogP contribution in [0.25, 0.3) is 0 Å². The average molecular weight is 268 g/mol. The van der Waals surface area contributed by atoms with Crippen LogP contribution in [0.2, 0.25) is 0 Å². The maximum Gasteiger partial charge on any atom is 0.333 e. The van der Waals surface area contributed by atoms with Crippen molar-refractivity contribution in [1.82, 2.24) is 0 Å². The average Bonchev–Trinajstić information content (AvgIpc) is 2.42. The van der Waals surface area contributed by atoms with Gasteiger partial charge >= 0.3 is 5.69 Å². The molecule has 6 heteroatoms. The Hall–Kier alpha value is -1.82. The van der Waals surface area contributed by atoms with E-state index in [1.807, 2.05) is 13.8 Å². The van der Waals surface area contributed by atoms with E-state index in [2.05, 4.69) is 5.32 Å². The first kappa shape index (κ1) is 15.2. The third kappa shape index (κ3) is 4.10. The molecule has 1 aromatic rings. The first-order chi connectivity index (χ1) is 9.13. The van der Waals surface area contributed by atoms with Gasteiger partial charge in [-0.05, 0) is 25.0 Å². The zero-order valence-corrected chi connectivity index (χ0v) is 11.3. The molecule has 0 aliphatic heterocycles. The smallest absolute Gasteiger partial charge is 0.333 e. The van der Waals surface area contributed by atoms with Gasteiger partial charge in [-0.2, -0.15) is 0 Å². The van der Waals surface area contributed by atoms with Crippen molar-refractivity contribution in [3.8, 4) is 5.75 Å². The summed E-state index contributed by atoms with van der Waals surface area (Å²) in [6, 6.07) is 4.69. The zero-order chi connectivity index (χ0) is 14.3. The second kappa shape index (κ2) is 7.58. The lowest BCUT2D eigenvalue weighted by molar-refractivity contribution is -0.385. The van der Waals surface area contributed by atoms with Gasteiger partial charge in [-0.1, -0.05) is 19.9 Å². The van der Waals surface area contributed by atoms with Crippen LogP contribution in [-0.2, 0) is 0 Å². The number of aliphatic hydroxyl groups is 1. The van der Waals surface area contributed by atoms with Crippen LogP contribution in [0, 0.1) is 10.1 Å². The molecule has 0 aliphatic rings. The largest absolute Gasteiger partial charge is 0.487 e. The number of ether oxygens (including phenoxy) is 1. The van der Waals surface area contributed by atoms with Gasteiger partial charge in [0.25, 0.3) is 0 Å². The lowest BCUT2D eigenvalue weighted by Gasteiger charge is -2.16. The molecule has 0 radical (unpaired) electrons. The molecule has 2 N–H and O–H groups in total. The van der Waals surface area contributed by atoms with E-state index in [-0.39, 0.29) is 24.1 Å². The second-order valence-electron chi connectivity index (χ2n) is 4.19. The summed E-state index contributed by atoms with van der Waals surface area (Å²) in [5.41, 5.74) is 0.294. The van der Waals surface area contributed by atoms with E-state index in [1.165, 1.54) is 0 Å². The summed E-state index contributed by atoms with van der Waals surface area (Å²) in [5.74, 6) is 0.254. The summed E-state index contributed by atoms with van der Waals surface area (Å²) in [6.45, 7) is 4.19. The van der Waals surface area contributed by atoms with Crippen molar-refractivity contribution in [3.63, 3.8) is 0 Å². The number of anilines is 1. The summed E-state index contributed by atoms with van der Waals surface area (Å²) in [5, 5.41) is 23.3. The van der Waals surface area contributed by atoms with Gasteiger partial charge in [0.2, 0.25) is 0 Å². The van der Waals surface area contributed by atoms with Crippen LogP contribution in [0.15, 0.2) is 18.2 Å². The molecule has 1 atom stereocenters. The predicted octanol–water partition coefficient (Wildman–Crippen LogP) is 2.57. The first-order valence-corrected chi connectivity index (χ1v) is 6.41. The molecule has 0 saturated heterocycles. The number of hydrogen-bond donors (Lipinski definition) is 2. The molecule has 0 spiro atoms. The van der Waals surface area contributed by atoms with Crippen LogP contribution >= 0.6 is 0 Å². The first-order valence-electron chi connectivity index (χ1n) is 6.41. The number of aliphatic hydroxyl groups excluding tert-OH is 1. The summed E-state index contributed by atoms with van der Waals surface area (Å²) >= 11 is 0. The Kier molecular flexibility index (Phi) is 6.08. The number of benzene rings is 1. The third-order valence-corrected chi connectivity index (χ3v) is 2.72. The molecule has 0 aromatic heterocycles. The number of nitrogens with one attached hydrogen (secondary N) is 1. The van der Waals surface area contributed by atoms with E-state index in [4.69, 9.17) is 9.84 Å². The van der Waals surface area contributed by atoms with Crippen LogP contribution in [-0.4, -0.2) is 29.3 Å². The molecule has 0 aliphatic carbocycles. The van der Waals surface area contributed by atoms with Crippen molar-refractivity contribution in [2.45, 2.75) is 32.7 Å². The molecule has 1 unspecified atom stereocenters. The Bertz CT molecular complexity index is 419. The minimum atomic E-state index is -0.461. The molecular formula is C13H20N2O4. The van der Waals surface area contributed by atoms with Crippen LogP contribution in [0.3, 0.4) is 0 Å². The summed E-state index contributed by atoms with van der Waals surface area (Å²) in [6.07, 6.45) is 1.46. The van der Waals surface area contributed by atoms with Gasteiger partial charge in [-0.3, -0.25) is 10.1 Å². The van der Waals surface area contributed by atoms with Crippen molar-refractivity contribution in [2.24, 2.45) is 0 Å². The quantitative estimate of drug-likeness (QED) is 0.559. The van der Waals surface area contributed by atoms with Crippen molar-refractivity contribution in [1.29, 1.82) is 0 Å². The Morgan fingerprint density at radius 2 is 2.21 bits per heavy atom. The van der Waals surface area contributed by atoms with E-state index in [0.29, 0.717) is 18.7 Å². The summed E-state index contributed by atoms with van der Waals surface area (Å²) < 4.78 is 5.39. The van der Waals surface area contributed by atoms with Gasteiger partial charge in [0.05, 0.1) is 18.1 Å². The van der Waals surface area contributed by atoms with E-state index in [0.717, 1.165) is 6.42 Å². The van der Waals surface area contributed by atoms with Crippen molar-refractivity contribution >= 4 is 11.4 Å². The fourth-order valence-electron chi connectivity index (χ4n) is 1.65.